The Morgan fingerprint density at radius 1 is 1.21 bits per heavy atom. The number of benzene rings is 1. The molecule has 1 aromatic heterocycles. The number of nitrogens with one attached hydrogen (secondary N) is 1. The van der Waals surface area contributed by atoms with Crippen molar-refractivity contribution in [2.75, 3.05) is 45.5 Å². The molecule has 10 heteroatoms. The molecule has 1 aliphatic heterocycles. The van der Waals surface area contributed by atoms with Gasteiger partial charge in [0.15, 0.2) is 5.96 Å². The van der Waals surface area contributed by atoms with Crippen LogP contribution in [-0.2, 0) is 15.8 Å². The van der Waals surface area contributed by atoms with Crippen molar-refractivity contribution in [3.8, 4) is 0 Å². The number of rotatable bonds is 7. The first-order valence-corrected chi connectivity index (χ1v) is 12.1. The van der Waals surface area contributed by atoms with E-state index in [2.05, 4.69) is 51.6 Å². The molecule has 1 N–H and O–H groups in total. The summed E-state index contributed by atoms with van der Waals surface area (Å²) in [5, 5.41) is 7.07. The van der Waals surface area contributed by atoms with Crippen molar-refractivity contribution >= 4 is 27.7 Å². The van der Waals surface area contributed by atoms with Gasteiger partial charge in [-0.3, -0.25) is 4.99 Å². The monoisotopic (exact) mass is 437 g/mol. The van der Waals surface area contributed by atoms with Crippen LogP contribution in [0.15, 0.2) is 51.0 Å². The number of sulfonamides is 1. The van der Waals surface area contributed by atoms with Crippen molar-refractivity contribution in [2.45, 2.75) is 17.6 Å². The lowest BCUT2D eigenvalue weighted by atomic mass is 10.2. The minimum absolute atomic E-state index is 0.132. The first kappa shape index (κ1) is 21.7. The molecule has 0 radical (unpaired) electrons. The summed E-state index contributed by atoms with van der Waals surface area (Å²) in [6.07, 6.45) is 1.38. The van der Waals surface area contributed by atoms with Crippen LogP contribution < -0.4 is 5.32 Å². The van der Waals surface area contributed by atoms with Gasteiger partial charge in [-0.05, 0) is 19.1 Å². The highest BCUT2D eigenvalue weighted by molar-refractivity contribution is 7.99. The molecule has 0 aliphatic carbocycles. The van der Waals surface area contributed by atoms with Gasteiger partial charge in [0.25, 0.3) is 0 Å². The van der Waals surface area contributed by atoms with E-state index in [1.165, 1.54) is 21.0 Å². The summed E-state index contributed by atoms with van der Waals surface area (Å²) >= 11 is 1.80. The van der Waals surface area contributed by atoms with Crippen LogP contribution in [0.5, 0.6) is 0 Å². The Morgan fingerprint density at radius 3 is 2.55 bits per heavy atom. The van der Waals surface area contributed by atoms with Crippen molar-refractivity contribution in [1.29, 1.82) is 0 Å². The zero-order chi connectivity index (χ0) is 20.7. The SMILES string of the molecule is CN=C(NCCSc1ccc(C)cc1)N1CCN(S(=O)(=O)Cc2ccon2)CC1. The molecule has 0 saturated carbocycles. The topological polar surface area (TPSA) is 91.0 Å². The van der Waals surface area contributed by atoms with Gasteiger partial charge >= 0.3 is 0 Å². The largest absolute Gasteiger partial charge is 0.364 e. The van der Waals surface area contributed by atoms with E-state index in [-0.39, 0.29) is 5.75 Å². The number of aliphatic imine (C=N–C) groups is 1. The lowest BCUT2D eigenvalue weighted by Gasteiger charge is -2.35. The number of aryl methyl sites for hydroxylation is 1. The van der Waals surface area contributed by atoms with Crippen molar-refractivity contribution in [1.82, 2.24) is 19.7 Å². The number of thioether (sulfide) groups is 1. The number of aromatic nitrogens is 1. The Hall–Kier alpha value is -2.04. The number of guanidine groups is 1. The third-order valence-corrected chi connectivity index (χ3v) is 7.47. The summed E-state index contributed by atoms with van der Waals surface area (Å²) in [4.78, 5) is 7.69. The van der Waals surface area contributed by atoms with Gasteiger partial charge in [0, 0.05) is 56.5 Å². The van der Waals surface area contributed by atoms with Crippen LogP contribution in [0, 0.1) is 6.92 Å². The number of hydrogen-bond acceptors (Lipinski definition) is 6. The van der Waals surface area contributed by atoms with Gasteiger partial charge < -0.3 is 14.7 Å². The molecule has 2 aromatic rings. The Kier molecular flexibility index (Phi) is 7.57. The Morgan fingerprint density at radius 2 is 1.93 bits per heavy atom. The van der Waals surface area contributed by atoms with Gasteiger partial charge in [-0.2, -0.15) is 4.31 Å². The fourth-order valence-corrected chi connectivity index (χ4v) is 5.26. The lowest BCUT2D eigenvalue weighted by Crippen LogP contribution is -2.54. The van der Waals surface area contributed by atoms with E-state index in [4.69, 9.17) is 4.52 Å². The molecular weight excluding hydrogens is 410 g/mol. The van der Waals surface area contributed by atoms with Crippen molar-refractivity contribution in [3.05, 3.63) is 47.9 Å². The third-order valence-electron chi connectivity index (χ3n) is 4.64. The number of nitrogens with zero attached hydrogens (tertiary/aromatic N) is 4. The molecule has 29 heavy (non-hydrogen) atoms. The fourth-order valence-electron chi connectivity index (χ4n) is 3.07. The minimum Gasteiger partial charge on any atom is -0.364 e. The second-order valence-electron chi connectivity index (χ2n) is 6.77. The van der Waals surface area contributed by atoms with E-state index in [1.54, 1.807) is 24.9 Å². The lowest BCUT2D eigenvalue weighted by molar-refractivity contribution is 0.260. The van der Waals surface area contributed by atoms with Crippen LogP contribution in [0.3, 0.4) is 0 Å². The quantitative estimate of drug-likeness (QED) is 0.306. The first-order chi connectivity index (χ1) is 14.0. The second kappa shape index (κ2) is 10.1. The van der Waals surface area contributed by atoms with E-state index < -0.39 is 10.0 Å². The summed E-state index contributed by atoms with van der Waals surface area (Å²) in [6.45, 7) is 4.93. The van der Waals surface area contributed by atoms with E-state index in [0.29, 0.717) is 31.9 Å². The number of hydrogen-bond donors (Lipinski definition) is 1. The van der Waals surface area contributed by atoms with Crippen molar-refractivity contribution in [3.63, 3.8) is 0 Å². The summed E-state index contributed by atoms with van der Waals surface area (Å²) in [5.41, 5.74) is 1.69. The maximum absolute atomic E-state index is 12.5. The van der Waals surface area contributed by atoms with E-state index in [9.17, 15) is 8.42 Å². The zero-order valence-corrected chi connectivity index (χ0v) is 18.4. The Bertz CT molecular complexity index is 890. The van der Waals surface area contributed by atoms with Gasteiger partial charge in [0.1, 0.15) is 12.0 Å². The fraction of sp³-hybridized carbons (Fsp3) is 0.474. The maximum Gasteiger partial charge on any atom is 0.220 e. The van der Waals surface area contributed by atoms with E-state index in [1.807, 2.05) is 0 Å². The van der Waals surface area contributed by atoms with E-state index >= 15 is 0 Å². The van der Waals surface area contributed by atoms with E-state index in [0.717, 1.165) is 18.3 Å². The smallest absolute Gasteiger partial charge is 0.220 e. The van der Waals surface area contributed by atoms with Crippen LogP contribution >= 0.6 is 11.8 Å². The summed E-state index contributed by atoms with van der Waals surface area (Å²) in [6, 6.07) is 10.1. The zero-order valence-electron chi connectivity index (χ0n) is 16.7. The standard InChI is InChI=1S/C19H27N5O3S2/c1-16-3-5-18(6-4-16)28-14-8-21-19(20-2)23-9-11-24(12-10-23)29(25,26)15-17-7-13-27-22-17/h3-7,13H,8-12,14-15H2,1-2H3,(H,20,21). The van der Waals surface area contributed by atoms with Crippen LogP contribution in [0.2, 0.25) is 0 Å². The highest BCUT2D eigenvalue weighted by Crippen LogP contribution is 2.17. The average molecular weight is 438 g/mol. The van der Waals surface area contributed by atoms with Crippen molar-refractivity contribution in [2.24, 2.45) is 4.99 Å². The molecular formula is C19H27N5O3S2. The van der Waals surface area contributed by atoms with Crippen LogP contribution in [0.4, 0.5) is 0 Å². The van der Waals surface area contributed by atoms with Crippen molar-refractivity contribution < 1.29 is 12.9 Å². The third kappa shape index (κ3) is 6.22. The maximum atomic E-state index is 12.5. The average Bonchev–Trinajstić information content (AvgIpc) is 3.22. The van der Waals surface area contributed by atoms with Gasteiger partial charge in [-0.15, -0.1) is 11.8 Å². The summed E-state index contributed by atoms with van der Waals surface area (Å²) < 4.78 is 31.3. The molecule has 1 fully saturated rings. The van der Waals surface area contributed by atoms with Crippen LogP contribution in [0.25, 0.3) is 0 Å². The molecule has 158 valence electrons. The minimum atomic E-state index is -3.40. The normalized spacial score (nSPS) is 16.2. The molecule has 1 aromatic carbocycles. The first-order valence-electron chi connectivity index (χ1n) is 9.50. The summed E-state index contributed by atoms with van der Waals surface area (Å²) in [7, 11) is -1.64. The molecule has 2 heterocycles. The second-order valence-corrected chi connectivity index (χ2v) is 9.91. The van der Waals surface area contributed by atoms with Gasteiger partial charge in [-0.1, -0.05) is 22.9 Å². The molecule has 1 saturated heterocycles. The Labute approximate surface area is 176 Å². The molecule has 0 amide bonds. The Balaban J connectivity index is 1.43. The number of piperazine rings is 1. The molecule has 0 spiro atoms. The molecule has 0 bridgehead atoms. The highest BCUT2D eigenvalue weighted by Gasteiger charge is 2.28. The summed E-state index contributed by atoms with van der Waals surface area (Å²) in [5.74, 6) is 1.60. The van der Waals surface area contributed by atoms with Gasteiger partial charge in [0.2, 0.25) is 10.0 Å². The predicted octanol–water partition coefficient (Wildman–Crippen LogP) is 1.80. The molecule has 0 unspecified atom stereocenters. The van der Waals surface area contributed by atoms with Gasteiger partial charge in [0.05, 0.1) is 5.69 Å². The molecule has 8 nitrogen and oxygen atoms in total. The molecule has 0 atom stereocenters. The molecule has 3 rings (SSSR count). The highest BCUT2D eigenvalue weighted by atomic mass is 32.2. The van der Waals surface area contributed by atoms with Gasteiger partial charge in [-0.25, -0.2) is 8.42 Å². The predicted molar refractivity (Wildman–Crippen MR) is 116 cm³/mol. The van der Waals surface area contributed by atoms with Crippen LogP contribution in [0.1, 0.15) is 11.3 Å². The van der Waals surface area contributed by atoms with Crippen LogP contribution in [-0.4, -0.2) is 74.3 Å². The molecule has 1 aliphatic rings.